The third kappa shape index (κ3) is 4.28. The molecule has 0 bridgehead atoms. The van der Waals surface area contributed by atoms with E-state index in [0.717, 1.165) is 11.1 Å². The van der Waals surface area contributed by atoms with Gasteiger partial charge in [-0.05, 0) is 48.4 Å². The Morgan fingerprint density at radius 1 is 1.15 bits per heavy atom. The van der Waals surface area contributed by atoms with Gasteiger partial charge in [0.1, 0.15) is 0 Å². The number of carbonyl (C=O) groups excluding carboxylic acids is 1. The van der Waals surface area contributed by atoms with Gasteiger partial charge in [-0.1, -0.05) is 12.1 Å². The number of benzene rings is 2. The maximum Gasteiger partial charge on any atom is 0.241 e. The van der Waals surface area contributed by atoms with E-state index in [9.17, 15) is 4.79 Å². The number of rotatable bonds is 7. The molecule has 0 aliphatic rings. The first kappa shape index (κ1) is 18.5. The molecule has 3 rings (SSSR count). The minimum Gasteiger partial charge on any atom is -0.493 e. The Kier molecular flexibility index (Phi) is 5.76. The number of aryl methyl sites for hydroxylation is 2. The first-order valence-electron chi connectivity index (χ1n) is 8.70. The predicted octanol–water partition coefficient (Wildman–Crippen LogP) is 3.51. The SMILES string of the molecule is COc1ccc(/C=N\NC(=O)CCn2ccc3c(C)cccc32)cc1OC. The van der Waals surface area contributed by atoms with E-state index in [2.05, 4.69) is 40.2 Å². The Balaban J connectivity index is 1.56. The third-order valence-electron chi connectivity index (χ3n) is 4.42. The zero-order chi connectivity index (χ0) is 19.2. The highest BCUT2D eigenvalue weighted by molar-refractivity contribution is 5.84. The molecule has 0 unspecified atom stereocenters. The molecule has 0 aliphatic carbocycles. The predicted molar refractivity (Wildman–Crippen MR) is 107 cm³/mol. The minimum atomic E-state index is -0.138. The second-order valence-electron chi connectivity index (χ2n) is 6.17. The molecule has 1 amide bonds. The van der Waals surface area contributed by atoms with Crippen LogP contribution >= 0.6 is 0 Å². The molecule has 1 aromatic heterocycles. The van der Waals surface area contributed by atoms with Gasteiger partial charge in [-0.3, -0.25) is 4.79 Å². The molecule has 0 saturated carbocycles. The molecular formula is C21H23N3O3. The molecule has 6 nitrogen and oxygen atoms in total. The van der Waals surface area contributed by atoms with Crippen LogP contribution in [-0.4, -0.2) is 30.9 Å². The molecule has 6 heteroatoms. The Bertz CT molecular complexity index is 976. The molecule has 1 heterocycles. The van der Waals surface area contributed by atoms with Crippen LogP contribution in [0.25, 0.3) is 10.9 Å². The maximum atomic E-state index is 12.1. The second kappa shape index (κ2) is 8.40. The number of amides is 1. The van der Waals surface area contributed by atoms with Gasteiger partial charge < -0.3 is 14.0 Å². The minimum absolute atomic E-state index is 0.138. The summed E-state index contributed by atoms with van der Waals surface area (Å²) in [6, 6.07) is 13.7. The van der Waals surface area contributed by atoms with Gasteiger partial charge in [0.05, 0.1) is 20.4 Å². The lowest BCUT2D eigenvalue weighted by Gasteiger charge is -2.07. The number of carbonyl (C=O) groups is 1. The van der Waals surface area contributed by atoms with E-state index in [0.29, 0.717) is 24.5 Å². The van der Waals surface area contributed by atoms with E-state index in [-0.39, 0.29) is 5.91 Å². The van der Waals surface area contributed by atoms with Gasteiger partial charge in [0.25, 0.3) is 0 Å². The molecule has 27 heavy (non-hydrogen) atoms. The van der Waals surface area contributed by atoms with E-state index in [1.807, 2.05) is 18.3 Å². The van der Waals surface area contributed by atoms with Crippen molar-refractivity contribution in [3.05, 3.63) is 59.8 Å². The van der Waals surface area contributed by atoms with Gasteiger partial charge >= 0.3 is 0 Å². The van der Waals surface area contributed by atoms with Crippen molar-refractivity contribution >= 4 is 23.0 Å². The van der Waals surface area contributed by atoms with Crippen molar-refractivity contribution in [1.29, 1.82) is 0 Å². The molecule has 0 spiro atoms. The van der Waals surface area contributed by atoms with Crippen LogP contribution in [0.4, 0.5) is 0 Å². The molecule has 2 aromatic carbocycles. The Hall–Kier alpha value is -3.28. The van der Waals surface area contributed by atoms with Crippen LogP contribution in [0.3, 0.4) is 0 Å². The zero-order valence-electron chi connectivity index (χ0n) is 15.7. The first-order valence-corrected chi connectivity index (χ1v) is 8.70. The van der Waals surface area contributed by atoms with Crippen molar-refractivity contribution in [2.75, 3.05) is 14.2 Å². The largest absolute Gasteiger partial charge is 0.493 e. The van der Waals surface area contributed by atoms with Crippen molar-refractivity contribution in [2.24, 2.45) is 5.10 Å². The average Bonchev–Trinajstić information content (AvgIpc) is 3.10. The average molecular weight is 365 g/mol. The lowest BCUT2D eigenvalue weighted by Crippen LogP contribution is -2.19. The highest BCUT2D eigenvalue weighted by atomic mass is 16.5. The number of nitrogens with one attached hydrogen (secondary N) is 1. The van der Waals surface area contributed by atoms with E-state index in [1.54, 1.807) is 32.6 Å². The fraction of sp³-hybridized carbons (Fsp3) is 0.238. The fourth-order valence-corrected chi connectivity index (χ4v) is 2.96. The van der Waals surface area contributed by atoms with Crippen molar-refractivity contribution < 1.29 is 14.3 Å². The maximum absolute atomic E-state index is 12.1. The molecule has 0 saturated heterocycles. The smallest absolute Gasteiger partial charge is 0.241 e. The Morgan fingerprint density at radius 3 is 2.74 bits per heavy atom. The standard InChI is InChI=1S/C21H23N3O3/c1-15-5-4-6-18-17(15)9-11-24(18)12-10-21(25)23-22-14-16-7-8-19(26-2)20(13-16)27-3/h4-9,11,13-14H,10,12H2,1-3H3,(H,23,25)/b22-14-. The van der Waals surface area contributed by atoms with Crippen LogP contribution in [0, 0.1) is 6.92 Å². The van der Waals surface area contributed by atoms with E-state index < -0.39 is 0 Å². The lowest BCUT2D eigenvalue weighted by atomic mass is 10.1. The van der Waals surface area contributed by atoms with Crippen LogP contribution in [0.15, 0.2) is 53.8 Å². The number of hydrazone groups is 1. The lowest BCUT2D eigenvalue weighted by molar-refractivity contribution is -0.121. The van der Waals surface area contributed by atoms with Gasteiger partial charge in [-0.25, -0.2) is 5.43 Å². The summed E-state index contributed by atoms with van der Waals surface area (Å²) in [5.41, 5.74) is 5.74. The topological polar surface area (TPSA) is 64.8 Å². The normalized spacial score (nSPS) is 11.1. The summed E-state index contributed by atoms with van der Waals surface area (Å²) in [7, 11) is 3.16. The molecule has 0 fully saturated rings. The van der Waals surface area contributed by atoms with Gasteiger partial charge in [0.2, 0.25) is 5.91 Å². The summed E-state index contributed by atoms with van der Waals surface area (Å²) in [5, 5.41) is 5.23. The summed E-state index contributed by atoms with van der Waals surface area (Å²) < 4.78 is 12.5. The van der Waals surface area contributed by atoms with Crippen LogP contribution in [-0.2, 0) is 11.3 Å². The summed E-state index contributed by atoms with van der Waals surface area (Å²) >= 11 is 0. The number of hydrogen-bond donors (Lipinski definition) is 1. The van der Waals surface area contributed by atoms with Gasteiger partial charge in [0.15, 0.2) is 11.5 Å². The van der Waals surface area contributed by atoms with E-state index in [1.165, 1.54) is 10.9 Å². The number of nitrogens with zero attached hydrogens (tertiary/aromatic N) is 2. The van der Waals surface area contributed by atoms with Crippen LogP contribution < -0.4 is 14.9 Å². The number of fused-ring (bicyclic) bond motifs is 1. The highest BCUT2D eigenvalue weighted by Crippen LogP contribution is 2.26. The molecule has 3 aromatic rings. The summed E-state index contributed by atoms with van der Waals surface area (Å²) in [6.45, 7) is 2.69. The Morgan fingerprint density at radius 2 is 1.96 bits per heavy atom. The number of hydrogen-bond acceptors (Lipinski definition) is 4. The van der Waals surface area contributed by atoms with E-state index >= 15 is 0 Å². The Labute approximate surface area is 158 Å². The number of aromatic nitrogens is 1. The van der Waals surface area contributed by atoms with Crippen molar-refractivity contribution in [3.8, 4) is 11.5 Å². The monoisotopic (exact) mass is 365 g/mol. The first-order chi connectivity index (χ1) is 13.1. The summed E-state index contributed by atoms with van der Waals surface area (Å²) in [6.07, 6.45) is 3.94. The van der Waals surface area contributed by atoms with Gasteiger partial charge in [0, 0.05) is 30.1 Å². The molecule has 140 valence electrons. The molecule has 0 aliphatic heterocycles. The third-order valence-corrected chi connectivity index (χ3v) is 4.42. The van der Waals surface area contributed by atoms with Gasteiger partial charge in [-0.15, -0.1) is 0 Å². The van der Waals surface area contributed by atoms with Crippen LogP contribution in [0.2, 0.25) is 0 Å². The molecule has 0 radical (unpaired) electrons. The quantitative estimate of drug-likeness (QED) is 0.515. The van der Waals surface area contributed by atoms with Crippen molar-refractivity contribution in [3.63, 3.8) is 0 Å². The van der Waals surface area contributed by atoms with Crippen molar-refractivity contribution in [2.45, 2.75) is 19.9 Å². The second-order valence-corrected chi connectivity index (χ2v) is 6.17. The summed E-state index contributed by atoms with van der Waals surface area (Å²) in [4.78, 5) is 12.1. The zero-order valence-corrected chi connectivity index (χ0v) is 15.7. The van der Waals surface area contributed by atoms with Crippen LogP contribution in [0.1, 0.15) is 17.5 Å². The molecular weight excluding hydrogens is 342 g/mol. The molecule has 1 N–H and O–H groups in total. The highest BCUT2D eigenvalue weighted by Gasteiger charge is 2.06. The fourth-order valence-electron chi connectivity index (χ4n) is 2.96. The van der Waals surface area contributed by atoms with Gasteiger partial charge in [-0.2, -0.15) is 5.10 Å². The van der Waals surface area contributed by atoms with Crippen LogP contribution in [0.5, 0.6) is 11.5 Å². The van der Waals surface area contributed by atoms with E-state index in [4.69, 9.17) is 9.47 Å². The number of methoxy groups -OCH3 is 2. The molecule has 0 atom stereocenters. The summed E-state index contributed by atoms with van der Waals surface area (Å²) in [5.74, 6) is 1.12. The van der Waals surface area contributed by atoms with Crippen molar-refractivity contribution in [1.82, 2.24) is 9.99 Å². The number of ether oxygens (including phenoxy) is 2.